The fourth-order valence-electron chi connectivity index (χ4n) is 5.62. The second-order valence-corrected chi connectivity index (χ2v) is 10.2. The average molecular weight is 538 g/mol. The van der Waals surface area contributed by atoms with Gasteiger partial charge in [-0.2, -0.15) is 0 Å². The van der Waals surface area contributed by atoms with Crippen LogP contribution in [0.4, 0.5) is 0 Å². The zero-order chi connectivity index (χ0) is 28.1. The molecule has 0 unspecified atom stereocenters. The lowest BCUT2D eigenvalue weighted by Crippen LogP contribution is -1.92. The highest BCUT2D eigenvalue weighted by atomic mass is 14.6. The standard InChI is InChI=1S/C39H27N3/c1-4-16-37(34(13-1)28-10-7-19-40-25-28)31-22-32(38-17-5-2-14-35(38)29-11-8-20-41-26-29)24-33(23-31)39-18-6-3-15-36(39)30-12-9-21-42-27-30/h1-27H. The lowest BCUT2D eigenvalue weighted by atomic mass is 9.86. The molecule has 198 valence electrons. The Morgan fingerprint density at radius 2 is 0.524 bits per heavy atom. The second kappa shape index (κ2) is 11.4. The van der Waals surface area contributed by atoms with Gasteiger partial charge in [-0.3, -0.25) is 15.0 Å². The van der Waals surface area contributed by atoms with E-state index >= 15 is 0 Å². The van der Waals surface area contributed by atoms with Gasteiger partial charge >= 0.3 is 0 Å². The molecular formula is C39H27N3. The molecule has 3 heterocycles. The van der Waals surface area contributed by atoms with Crippen LogP contribution in [0.5, 0.6) is 0 Å². The van der Waals surface area contributed by atoms with Gasteiger partial charge in [0.2, 0.25) is 0 Å². The Balaban J connectivity index is 1.49. The lowest BCUT2D eigenvalue weighted by Gasteiger charge is -2.17. The van der Waals surface area contributed by atoms with E-state index in [4.69, 9.17) is 0 Å². The molecule has 3 heteroatoms. The van der Waals surface area contributed by atoms with Crippen molar-refractivity contribution in [2.75, 3.05) is 0 Å². The Morgan fingerprint density at radius 1 is 0.262 bits per heavy atom. The highest BCUT2D eigenvalue weighted by Gasteiger charge is 2.16. The molecule has 0 saturated heterocycles. The van der Waals surface area contributed by atoms with Gasteiger partial charge in [0.1, 0.15) is 0 Å². The minimum atomic E-state index is 1.09. The smallest absolute Gasteiger partial charge is 0.0346 e. The third-order valence-corrected chi connectivity index (χ3v) is 7.56. The molecule has 4 aromatic carbocycles. The number of rotatable bonds is 6. The summed E-state index contributed by atoms with van der Waals surface area (Å²) in [5, 5.41) is 0. The van der Waals surface area contributed by atoms with Crippen LogP contribution in [-0.4, -0.2) is 15.0 Å². The monoisotopic (exact) mass is 537 g/mol. The van der Waals surface area contributed by atoms with E-state index in [1.54, 1.807) is 0 Å². The zero-order valence-corrected chi connectivity index (χ0v) is 22.9. The van der Waals surface area contributed by atoms with E-state index in [9.17, 15) is 0 Å². The maximum Gasteiger partial charge on any atom is 0.0346 e. The van der Waals surface area contributed by atoms with Crippen LogP contribution in [0.25, 0.3) is 66.8 Å². The molecule has 42 heavy (non-hydrogen) atoms. The van der Waals surface area contributed by atoms with E-state index < -0.39 is 0 Å². The quantitative estimate of drug-likeness (QED) is 0.212. The van der Waals surface area contributed by atoms with Gasteiger partial charge in [0.05, 0.1) is 0 Å². The first-order valence-corrected chi connectivity index (χ1v) is 14.0. The van der Waals surface area contributed by atoms with Crippen LogP contribution >= 0.6 is 0 Å². The summed E-state index contributed by atoms with van der Waals surface area (Å²) in [5.41, 5.74) is 13.6. The van der Waals surface area contributed by atoms with Gasteiger partial charge in [-0.25, -0.2) is 0 Å². The highest BCUT2D eigenvalue weighted by molar-refractivity contribution is 5.93. The van der Waals surface area contributed by atoms with Crippen molar-refractivity contribution in [3.63, 3.8) is 0 Å². The molecule has 0 aliphatic rings. The van der Waals surface area contributed by atoms with Gasteiger partial charge in [-0.15, -0.1) is 0 Å². The Kier molecular flexibility index (Phi) is 6.89. The molecule has 0 spiro atoms. The number of hydrogen-bond acceptors (Lipinski definition) is 3. The molecule has 7 aromatic rings. The molecule has 0 atom stereocenters. The van der Waals surface area contributed by atoms with Crippen molar-refractivity contribution in [3.8, 4) is 66.8 Å². The summed E-state index contributed by atoms with van der Waals surface area (Å²) in [6.07, 6.45) is 11.2. The number of benzene rings is 4. The maximum atomic E-state index is 4.40. The normalized spacial score (nSPS) is 10.9. The Labute approximate surface area is 245 Å². The summed E-state index contributed by atoms with van der Waals surface area (Å²) in [5.74, 6) is 0. The van der Waals surface area contributed by atoms with Gasteiger partial charge < -0.3 is 0 Å². The first-order valence-electron chi connectivity index (χ1n) is 14.0. The molecule has 0 aliphatic carbocycles. The van der Waals surface area contributed by atoms with Crippen molar-refractivity contribution in [1.29, 1.82) is 0 Å². The van der Waals surface area contributed by atoms with Crippen LogP contribution in [0.15, 0.2) is 165 Å². The van der Waals surface area contributed by atoms with E-state index in [0.29, 0.717) is 0 Å². The number of hydrogen-bond donors (Lipinski definition) is 0. The molecule has 0 bridgehead atoms. The summed E-state index contributed by atoms with van der Waals surface area (Å²) in [6, 6.07) is 44.9. The predicted molar refractivity (Wildman–Crippen MR) is 172 cm³/mol. The Bertz CT molecular complexity index is 1720. The molecule has 3 aromatic heterocycles. The predicted octanol–water partition coefficient (Wildman–Crippen LogP) is 9.87. The molecule has 0 radical (unpaired) electrons. The fraction of sp³-hybridized carbons (Fsp3) is 0. The van der Waals surface area contributed by atoms with Gasteiger partial charge in [-0.1, -0.05) is 91.0 Å². The van der Waals surface area contributed by atoms with Crippen molar-refractivity contribution in [2.45, 2.75) is 0 Å². The molecule has 0 N–H and O–H groups in total. The minimum Gasteiger partial charge on any atom is -0.264 e. The molecule has 0 fully saturated rings. The summed E-state index contributed by atoms with van der Waals surface area (Å²) < 4.78 is 0. The van der Waals surface area contributed by atoms with E-state index in [1.807, 2.05) is 55.4 Å². The first kappa shape index (κ1) is 25.3. The van der Waals surface area contributed by atoms with Crippen LogP contribution in [0.2, 0.25) is 0 Å². The van der Waals surface area contributed by atoms with Gasteiger partial charge in [0.25, 0.3) is 0 Å². The third kappa shape index (κ3) is 5.00. The van der Waals surface area contributed by atoms with Crippen molar-refractivity contribution in [3.05, 3.63) is 165 Å². The number of pyridine rings is 3. The summed E-state index contributed by atoms with van der Waals surface area (Å²) in [7, 11) is 0. The average Bonchev–Trinajstić information content (AvgIpc) is 3.09. The van der Waals surface area contributed by atoms with Crippen molar-refractivity contribution in [1.82, 2.24) is 15.0 Å². The largest absolute Gasteiger partial charge is 0.264 e. The first-order chi connectivity index (χ1) is 20.8. The third-order valence-electron chi connectivity index (χ3n) is 7.56. The molecule has 0 saturated carbocycles. The molecule has 0 aliphatic heterocycles. The maximum absolute atomic E-state index is 4.40. The van der Waals surface area contributed by atoms with Gasteiger partial charge in [0, 0.05) is 53.9 Å². The highest BCUT2D eigenvalue weighted by Crippen LogP contribution is 2.41. The topological polar surface area (TPSA) is 38.7 Å². The molecular weight excluding hydrogens is 510 g/mol. The number of nitrogens with zero attached hydrogens (tertiary/aromatic N) is 3. The van der Waals surface area contributed by atoms with Crippen molar-refractivity contribution < 1.29 is 0 Å². The van der Waals surface area contributed by atoms with Crippen LogP contribution in [-0.2, 0) is 0 Å². The summed E-state index contributed by atoms with van der Waals surface area (Å²) in [4.78, 5) is 13.2. The van der Waals surface area contributed by atoms with E-state index in [1.165, 1.54) is 0 Å². The fourth-order valence-corrected chi connectivity index (χ4v) is 5.62. The van der Waals surface area contributed by atoms with Gasteiger partial charge in [0.15, 0.2) is 0 Å². The molecule has 7 rings (SSSR count). The second-order valence-electron chi connectivity index (χ2n) is 10.2. The van der Waals surface area contributed by atoms with Crippen LogP contribution < -0.4 is 0 Å². The van der Waals surface area contributed by atoms with E-state index in [-0.39, 0.29) is 0 Å². The number of aromatic nitrogens is 3. The summed E-state index contributed by atoms with van der Waals surface area (Å²) in [6.45, 7) is 0. The molecule has 0 amide bonds. The Morgan fingerprint density at radius 3 is 0.762 bits per heavy atom. The SMILES string of the molecule is c1cncc(-c2ccccc2-c2cc(-c3ccccc3-c3cccnc3)cc(-c3ccccc3-c3cccnc3)c2)c1. The van der Waals surface area contributed by atoms with Crippen LogP contribution in [0.1, 0.15) is 0 Å². The van der Waals surface area contributed by atoms with E-state index in [2.05, 4.69) is 124 Å². The van der Waals surface area contributed by atoms with E-state index in [0.717, 1.165) is 66.8 Å². The summed E-state index contributed by atoms with van der Waals surface area (Å²) >= 11 is 0. The van der Waals surface area contributed by atoms with Crippen LogP contribution in [0.3, 0.4) is 0 Å². The van der Waals surface area contributed by atoms with Crippen molar-refractivity contribution in [2.24, 2.45) is 0 Å². The van der Waals surface area contributed by atoms with Gasteiger partial charge in [-0.05, 0) is 86.5 Å². The van der Waals surface area contributed by atoms with Crippen molar-refractivity contribution >= 4 is 0 Å². The van der Waals surface area contributed by atoms with Crippen LogP contribution in [0, 0.1) is 0 Å². The Hall–Kier alpha value is -5.67. The minimum absolute atomic E-state index is 1.09. The lowest BCUT2D eigenvalue weighted by molar-refractivity contribution is 1.33. The molecule has 3 nitrogen and oxygen atoms in total. The zero-order valence-electron chi connectivity index (χ0n) is 22.9.